The fourth-order valence-corrected chi connectivity index (χ4v) is 3.17. The van der Waals surface area contributed by atoms with Crippen molar-refractivity contribution in [1.29, 1.82) is 0 Å². The first-order valence-electron chi connectivity index (χ1n) is 8.51. The first-order chi connectivity index (χ1) is 14.9. The molecule has 0 aliphatic carbocycles. The van der Waals surface area contributed by atoms with Crippen molar-refractivity contribution in [2.45, 2.75) is 19.5 Å². The number of halogens is 6. The quantitative estimate of drug-likeness (QED) is 0.286. The van der Waals surface area contributed by atoms with E-state index in [-0.39, 0.29) is 27.3 Å². The van der Waals surface area contributed by atoms with E-state index in [0.717, 1.165) is 24.3 Å². The Hall–Kier alpha value is -3.36. The van der Waals surface area contributed by atoms with E-state index in [4.69, 9.17) is 4.74 Å². The molecule has 15 heteroatoms. The van der Waals surface area contributed by atoms with Crippen molar-refractivity contribution < 1.29 is 36.4 Å². The van der Waals surface area contributed by atoms with Crippen LogP contribution in [0.15, 0.2) is 28.7 Å². The number of ether oxygens (including phenoxy) is 1. The summed E-state index contributed by atoms with van der Waals surface area (Å²) < 4.78 is 69.8. The molecule has 0 bridgehead atoms. The first kappa shape index (κ1) is 23.3. The molecule has 32 heavy (non-hydrogen) atoms. The van der Waals surface area contributed by atoms with Crippen LogP contribution in [0.3, 0.4) is 0 Å². The largest absolute Gasteiger partial charge is 0.487 e. The molecule has 0 saturated heterocycles. The Morgan fingerprint density at radius 1 is 1.31 bits per heavy atom. The number of aryl methyl sites for hydroxylation is 1. The Bertz CT molecular complexity index is 1210. The summed E-state index contributed by atoms with van der Waals surface area (Å²) in [6, 6.07) is 3.59. The highest BCUT2D eigenvalue weighted by Gasteiger charge is 2.36. The van der Waals surface area contributed by atoms with Gasteiger partial charge in [0.05, 0.1) is 21.1 Å². The third kappa shape index (κ3) is 4.92. The van der Waals surface area contributed by atoms with Crippen LogP contribution in [0.1, 0.15) is 21.9 Å². The second-order valence-corrected chi connectivity index (χ2v) is 7.10. The van der Waals surface area contributed by atoms with E-state index in [1.54, 1.807) is 0 Å². The van der Waals surface area contributed by atoms with Crippen LogP contribution in [0.2, 0.25) is 0 Å². The van der Waals surface area contributed by atoms with Crippen molar-refractivity contribution in [3.8, 4) is 5.75 Å². The molecule has 0 unspecified atom stereocenters. The minimum absolute atomic E-state index is 0.0249. The van der Waals surface area contributed by atoms with Gasteiger partial charge in [-0.25, -0.2) is 18.3 Å². The number of nitrogens with one attached hydrogen (secondary N) is 1. The Morgan fingerprint density at radius 3 is 2.59 bits per heavy atom. The van der Waals surface area contributed by atoms with E-state index in [1.165, 1.54) is 6.92 Å². The number of carbonyl (C=O) groups is 1. The van der Waals surface area contributed by atoms with Gasteiger partial charge >= 0.3 is 6.18 Å². The van der Waals surface area contributed by atoms with E-state index >= 15 is 0 Å². The number of non-ortho nitro benzene ring substituents is 1. The Labute approximate surface area is 183 Å². The fraction of sp³-hybridized carbons (Fsp3) is 0.235. The molecule has 3 rings (SSSR count). The number of aromatic nitrogens is 3. The number of carbonyl (C=O) groups excluding carboxylic acids is 1. The van der Waals surface area contributed by atoms with Gasteiger partial charge < -0.3 is 10.1 Å². The molecule has 2 aromatic heterocycles. The number of alkyl halides is 5. The van der Waals surface area contributed by atoms with Gasteiger partial charge in [-0.15, -0.1) is 0 Å². The van der Waals surface area contributed by atoms with Gasteiger partial charge in [0.2, 0.25) is 0 Å². The Morgan fingerprint density at radius 2 is 2.00 bits per heavy atom. The second-order valence-electron chi connectivity index (χ2n) is 6.31. The molecule has 9 nitrogen and oxygen atoms in total. The number of anilines is 1. The third-order valence-corrected chi connectivity index (χ3v) is 4.63. The molecule has 0 spiro atoms. The molecule has 1 aromatic carbocycles. The summed E-state index contributed by atoms with van der Waals surface area (Å²) in [6.07, 6.45) is -7.64. The molecule has 2 heterocycles. The van der Waals surface area contributed by atoms with Crippen LogP contribution >= 0.6 is 15.9 Å². The number of amides is 1. The van der Waals surface area contributed by atoms with E-state index in [0.29, 0.717) is 4.52 Å². The van der Waals surface area contributed by atoms with Crippen LogP contribution < -0.4 is 10.1 Å². The van der Waals surface area contributed by atoms with Crippen LogP contribution in [0, 0.1) is 17.0 Å². The maximum atomic E-state index is 13.3. The van der Waals surface area contributed by atoms with E-state index in [9.17, 15) is 36.9 Å². The second kappa shape index (κ2) is 8.64. The summed E-state index contributed by atoms with van der Waals surface area (Å²) in [6.45, 7) is 0.288. The topological polar surface area (TPSA) is 112 Å². The molecule has 0 aliphatic rings. The molecular weight excluding hydrogens is 513 g/mol. The smallest absolute Gasteiger partial charge is 0.433 e. The van der Waals surface area contributed by atoms with E-state index in [2.05, 4.69) is 31.3 Å². The van der Waals surface area contributed by atoms with Crippen LogP contribution in [-0.4, -0.2) is 38.5 Å². The molecule has 170 valence electrons. The standard InChI is InChI=1S/C17H11BrF5N5O4/c1-7-2-11(17(21,22)23)27-15(24-7)13(18)14(26-27)16(29)25-8-3-9(28(30)31)5-10(4-8)32-6-12(19)20/h2-5,12H,6H2,1H3,(H,25,29). The van der Waals surface area contributed by atoms with Crippen LogP contribution in [-0.2, 0) is 6.18 Å². The maximum absolute atomic E-state index is 13.3. The van der Waals surface area contributed by atoms with Gasteiger partial charge in [-0.1, -0.05) is 0 Å². The van der Waals surface area contributed by atoms with Gasteiger partial charge in [-0.2, -0.15) is 18.3 Å². The molecule has 0 atom stereocenters. The lowest BCUT2D eigenvalue weighted by Gasteiger charge is -2.09. The van der Waals surface area contributed by atoms with Gasteiger partial charge in [-0.05, 0) is 28.9 Å². The lowest BCUT2D eigenvalue weighted by atomic mass is 10.2. The van der Waals surface area contributed by atoms with E-state index < -0.39 is 47.1 Å². The summed E-state index contributed by atoms with van der Waals surface area (Å²) in [5.41, 5.74) is -2.71. The van der Waals surface area contributed by atoms with Crippen LogP contribution in [0.25, 0.3) is 5.65 Å². The van der Waals surface area contributed by atoms with Gasteiger partial charge in [-0.3, -0.25) is 14.9 Å². The zero-order chi connectivity index (χ0) is 23.8. The van der Waals surface area contributed by atoms with Gasteiger partial charge in [0, 0.05) is 17.8 Å². The van der Waals surface area contributed by atoms with Crippen molar-refractivity contribution in [2.75, 3.05) is 11.9 Å². The number of benzene rings is 1. The molecule has 1 amide bonds. The maximum Gasteiger partial charge on any atom is 0.433 e. The highest BCUT2D eigenvalue weighted by atomic mass is 79.9. The molecule has 3 aromatic rings. The first-order valence-corrected chi connectivity index (χ1v) is 9.31. The SMILES string of the molecule is Cc1cc(C(F)(F)F)n2nc(C(=O)Nc3cc(OCC(F)F)cc([N+](=O)[O-])c3)c(Br)c2n1. The lowest BCUT2D eigenvalue weighted by Crippen LogP contribution is -2.16. The molecule has 0 radical (unpaired) electrons. The zero-order valence-corrected chi connectivity index (χ0v) is 17.4. The number of fused-ring (bicyclic) bond motifs is 1. The Balaban J connectivity index is 2.00. The summed E-state index contributed by atoms with van der Waals surface area (Å²) in [5, 5.41) is 17.0. The van der Waals surface area contributed by atoms with Crippen molar-refractivity contribution in [3.05, 3.63) is 55.9 Å². The van der Waals surface area contributed by atoms with Gasteiger partial charge in [0.15, 0.2) is 11.3 Å². The van der Waals surface area contributed by atoms with Crippen molar-refractivity contribution >= 4 is 38.9 Å². The Kier molecular flexibility index (Phi) is 6.29. The number of nitro benzene ring substituents is 1. The predicted octanol–water partition coefficient (Wildman–Crippen LogP) is 4.62. The summed E-state index contributed by atoms with van der Waals surface area (Å²) in [7, 11) is 0. The average molecular weight is 524 g/mol. The van der Waals surface area contributed by atoms with Crippen LogP contribution in [0.4, 0.5) is 33.3 Å². The number of hydrogen-bond donors (Lipinski definition) is 1. The van der Waals surface area contributed by atoms with Gasteiger partial charge in [0.1, 0.15) is 18.1 Å². The molecule has 1 N–H and O–H groups in total. The van der Waals surface area contributed by atoms with Crippen molar-refractivity contribution in [1.82, 2.24) is 14.6 Å². The third-order valence-electron chi connectivity index (χ3n) is 3.90. The van der Waals surface area contributed by atoms with Crippen molar-refractivity contribution in [3.63, 3.8) is 0 Å². The summed E-state index contributed by atoms with van der Waals surface area (Å²) in [5.74, 6) is -1.35. The fourth-order valence-electron chi connectivity index (χ4n) is 2.65. The molecule has 0 saturated carbocycles. The highest BCUT2D eigenvalue weighted by Crippen LogP contribution is 2.33. The number of hydrogen-bond acceptors (Lipinski definition) is 6. The minimum atomic E-state index is -4.79. The minimum Gasteiger partial charge on any atom is -0.487 e. The summed E-state index contributed by atoms with van der Waals surface area (Å²) >= 11 is 3.00. The highest BCUT2D eigenvalue weighted by molar-refractivity contribution is 9.10. The van der Waals surface area contributed by atoms with Crippen LogP contribution in [0.5, 0.6) is 5.75 Å². The van der Waals surface area contributed by atoms with Crippen molar-refractivity contribution in [2.24, 2.45) is 0 Å². The number of nitro groups is 1. The lowest BCUT2D eigenvalue weighted by molar-refractivity contribution is -0.384. The average Bonchev–Trinajstić information content (AvgIpc) is 3.01. The summed E-state index contributed by atoms with van der Waals surface area (Å²) in [4.78, 5) is 26.8. The monoisotopic (exact) mass is 523 g/mol. The molecular formula is C17H11BrF5N5O4. The number of rotatable bonds is 6. The predicted molar refractivity (Wildman–Crippen MR) is 103 cm³/mol. The molecule has 0 aliphatic heterocycles. The molecule has 0 fully saturated rings. The zero-order valence-electron chi connectivity index (χ0n) is 15.8. The number of nitrogens with zero attached hydrogens (tertiary/aromatic N) is 4. The normalized spacial score (nSPS) is 11.8. The van der Waals surface area contributed by atoms with E-state index in [1.807, 2.05) is 0 Å². The van der Waals surface area contributed by atoms with Gasteiger partial charge in [0.25, 0.3) is 18.0 Å².